The van der Waals surface area contributed by atoms with Crippen LogP contribution >= 0.6 is 0 Å². The summed E-state index contributed by atoms with van der Waals surface area (Å²) in [5.41, 5.74) is 5.64. The van der Waals surface area contributed by atoms with Crippen molar-refractivity contribution in [3.8, 4) is 0 Å². The Labute approximate surface area is 93.6 Å². The van der Waals surface area contributed by atoms with E-state index in [1.807, 2.05) is 19.1 Å². The SMILES string of the molecule is CC1=NC(N)NC(=NCCc2ccco2)N1. The van der Waals surface area contributed by atoms with Crippen LogP contribution in [0.2, 0.25) is 0 Å². The summed E-state index contributed by atoms with van der Waals surface area (Å²) in [5, 5.41) is 5.93. The van der Waals surface area contributed by atoms with Crippen LogP contribution in [0.25, 0.3) is 0 Å². The second-order valence-corrected chi connectivity index (χ2v) is 3.49. The average molecular weight is 221 g/mol. The minimum atomic E-state index is -0.413. The molecule has 1 aliphatic rings. The topological polar surface area (TPSA) is 87.9 Å². The number of aliphatic imine (C=N–C) groups is 2. The van der Waals surface area contributed by atoms with Crippen molar-refractivity contribution in [2.75, 3.05) is 6.54 Å². The molecular formula is C10H15N5O. The van der Waals surface area contributed by atoms with E-state index in [9.17, 15) is 0 Å². The fraction of sp³-hybridized carbons (Fsp3) is 0.400. The van der Waals surface area contributed by atoms with E-state index in [1.165, 1.54) is 0 Å². The van der Waals surface area contributed by atoms with Gasteiger partial charge in [0.05, 0.1) is 6.26 Å². The van der Waals surface area contributed by atoms with Crippen LogP contribution in [0.5, 0.6) is 0 Å². The maximum Gasteiger partial charge on any atom is 0.199 e. The molecule has 2 rings (SSSR count). The van der Waals surface area contributed by atoms with Crippen LogP contribution in [0.1, 0.15) is 12.7 Å². The monoisotopic (exact) mass is 221 g/mol. The van der Waals surface area contributed by atoms with Crippen LogP contribution in [-0.2, 0) is 6.42 Å². The molecule has 1 atom stereocenters. The average Bonchev–Trinajstić information content (AvgIpc) is 2.69. The Hall–Kier alpha value is -1.82. The molecule has 1 aromatic heterocycles. The zero-order valence-corrected chi connectivity index (χ0v) is 9.10. The van der Waals surface area contributed by atoms with Crippen molar-refractivity contribution in [2.45, 2.75) is 19.6 Å². The van der Waals surface area contributed by atoms with Crippen molar-refractivity contribution in [1.82, 2.24) is 10.6 Å². The highest BCUT2D eigenvalue weighted by Crippen LogP contribution is 2.00. The molecule has 6 heteroatoms. The highest BCUT2D eigenvalue weighted by molar-refractivity contribution is 6.00. The summed E-state index contributed by atoms with van der Waals surface area (Å²) in [4.78, 5) is 8.40. The zero-order valence-electron chi connectivity index (χ0n) is 9.10. The first kappa shape index (κ1) is 10.7. The Balaban J connectivity index is 1.86. The van der Waals surface area contributed by atoms with Gasteiger partial charge in [0.1, 0.15) is 11.6 Å². The molecule has 0 spiro atoms. The van der Waals surface area contributed by atoms with Crippen molar-refractivity contribution < 1.29 is 4.42 Å². The van der Waals surface area contributed by atoms with Crippen LogP contribution in [0.4, 0.5) is 0 Å². The maximum atomic E-state index is 5.64. The number of amidine groups is 1. The molecule has 0 saturated heterocycles. The molecule has 0 aromatic carbocycles. The molecule has 0 radical (unpaired) electrons. The van der Waals surface area contributed by atoms with Crippen molar-refractivity contribution in [1.29, 1.82) is 0 Å². The molecular weight excluding hydrogens is 206 g/mol. The van der Waals surface area contributed by atoms with Crippen LogP contribution in [-0.4, -0.2) is 24.6 Å². The second-order valence-electron chi connectivity index (χ2n) is 3.49. The van der Waals surface area contributed by atoms with Gasteiger partial charge < -0.3 is 15.1 Å². The van der Waals surface area contributed by atoms with Crippen LogP contribution < -0.4 is 16.4 Å². The van der Waals surface area contributed by atoms with Gasteiger partial charge in [-0.25, -0.2) is 4.99 Å². The maximum absolute atomic E-state index is 5.64. The highest BCUT2D eigenvalue weighted by atomic mass is 16.3. The van der Waals surface area contributed by atoms with Crippen molar-refractivity contribution in [2.24, 2.45) is 15.7 Å². The molecule has 0 saturated carbocycles. The lowest BCUT2D eigenvalue weighted by Gasteiger charge is -2.21. The molecule has 1 aliphatic heterocycles. The summed E-state index contributed by atoms with van der Waals surface area (Å²) < 4.78 is 5.21. The predicted molar refractivity (Wildman–Crippen MR) is 62.1 cm³/mol. The lowest BCUT2D eigenvalue weighted by molar-refractivity contribution is 0.510. The quantitative estimate of drug-likeness (QED) is 0.672. The Bertz CT molecular complexity index is 395. The van der Waals surface area contributed by atoms with E-state index in [2.05, 4.69) is 20.6 Å². The molecule has 6 nitrogen and oxygen atoms in total. The Morgan fingerprint density at radius 2 is 2.50 bits per heavy atom. The third kappa shape index (κ3) is 2.83. The summed E-state index contributed by atoms with van der Waals surface area (Å²) in [5.74, 6) is 2.35. The first-order valence-electron chi connectivity index (χ1n) is 5.14. The minimum Gasteiger partial charge on any atom is -0.469 e. The Morgan fingerprint density at radius 1 is 1.62 bits per heavy atom. The fourth-order valence-electron chi connectivity index (χ4n) is 1.44. The van der Waals surface area contributed by atoms with E-state index in [0.717, 1.165) is 18.0 Å². The third-order valence-corrected chi connectivity index (χ3v) is 2.12. The van der Waals surface area contributed by atoms with Gasteiger partial charge in [0.25, 0.3) is 0 Å². The normalized spacial score (nSPS) is 22.5. The van der Waals surface area contributed by atoms with E-state index in [-0.39, 0.29) is 0 Å². The van der Waals surface area contributed by atoms with Gasteiger partial charge in [-0.3, -0.25) is 10.7 Å². The minimum absolute atomic E-state index is 0.413. The smallest absolute Gasteiger partial charge is 0.199 e. The first-order valence-corrected chi connectivity index (χ1v) is 5.14. The molecule has 1 aromatic rings. The highest BCUT2D eigenvalue weighted by Gasteiger charge is 2.10. The number of nitrogens with zero attached hydrogens (tertiary/aromatic N) is 2. The van der Waals surface area contributed by atoms with E-state index in [1.54, 1.807) is 6.26 Å². The van der Waals surface area contributed by atoms with Gasteiger partial charge in [0, 0.05) is 13.0 Å². The van der Waals surface area contributed by atoms with Crippen molar-refractivity contribution in [3.05, 3.63) is 24.2 Å². The lowest BCUT2D eigenvalue weighted by atomic mass is 10.3. The number of nitrogens with two attached hydrogens (primary N) is 1. The van der Waals surface area contributed by atoms with Gasteiger partial charge in [-0.2, -0.15) is 0 Å². The standard InChI is InChI=1S/C10H15N5O/c1-7-13-9(11)15-10(14-7)12-5-4-8-3-2-6-16-8/h2-3,6,9H,4-5,11H2,1H3,(H2,12,13,14,15). The molecule has 2 heterocycles. The summed E-state index contributed by atoms with van der Waals surface area (Å²) >= 11 is 0. The summed E-state index contributed by atoms with van der Waals surface area (Å²) in [7, 11) is 0. The van der Waals surface area contributed by atoms with Gasteiger partial charge in [0.15, 0.2) is 12.2 Å². The fourth-order valence-corrected chi connectivity index (χ4v) is 1.44. The number of nitrogens with one attached hydrogen (secondary N) is 2. The first-order chi connectivity index (χ1) is 7.74. The van der Waals surface area contributed by atoms with E-state index in [4.69, 9.17) is 10.2 Å². The molecule has 16 heavy (non-hydrogen) atoms. The molecule has 1 unspecified atom stereocenters. The third-order valence-electron chi connectivity index (χ3n) is 2.12. The van der Waals surface area contributed by atoms with E-state index >= 15 is 0 Å². The number of furan rings is 1. The number of hydrogen-bond donors (Lipinski definition) is 3. The summed E-state index contributed by atoms with van der Waals surface area (Å²) in [6.45, 7) is 2.49. The molecule has 0 fully saturated rings. The van der Waals surface area contributed by atoms with E-state index in [0.29, 0.717) is 12.5 Å². The molecule has 86 valence electrons. The van der Waals surface area contributed by atoms with Crippen LogP contribution in [0.15, 0.2) is 32.8 Å². The van der Waals surface area contributed by atoms with Gasteiger partial charge in [-0.1, -0.05) is 0 Å². The molecule has 0 amide bonds. The van der Waals surface area contributed by atoms with Gasteiger partial charge in [0.2, 0.25) is 0 Å². The predicted octanol–water partition coefficient (Wildman–Crippen LogP) is 0.0316. The van der Waals surface area contributed by atoms with Crippen molar-refractivity contribution in [3.63, 3.8) is 0 Å². The summed E-state index contributed by atoms with van der Waals surface area (Å²) in [6, 6.07) is 3.80. The number of rotatable bonds is 3. The molecule has 0 aliphatic carbocycles. The van der Waals surface area contributed by atoms with Gasteiger partial charge in [-0.15, -0.1) is 0 Å². The van der Waals surface area contributed by atoms with E-state index < -0.39 is 6.29 Å². The van der Waals surface area contributed by atoms with Gasteiger partial charge >= 0.3 is 0 Å². The Kier molecular flexibility index (Phi) is 3.21. The van der Waals surface area contributed by atoms with Gasteiger partial charge in [-0.05, 0) is 19.1 Å². The molecule has 4 N–H and O–H groups in total. The summed E-state index contributed by atoms with van der Waals surface area (Å²) in [6.07, 6.45) is 2.01. The van der Waals surface area contributed by atoms with Crippen molar-refractivity contribution >= 4 is 11.8 Å². The van der Waals surface area contributed by atoms with Crippen LogP contribution in [0, 0.1) is 0 Å². The second kappa shape index (κ2) is 4.80. The van der Waals surface area contributed by atoms with Crippen LogP contribution in [0.3, 0.4) is 0 Å². The zero-order chi connectivity index (χ0) is 11.4. The largest absolute Gasteiger partial charge is 0.469 e. The lowest BCUT2D eigenvalue weighted by Crippen LogP contribution is -2.53. The Morgan fingerprint density at radius 3 is 3.19 bits per heavy atom. The molecule has 0 bridgehead atoms. The number of hydrogen-bond acceptors (Lipinski definition) is 4. The number of guanidine groups is 1.